The van der Waals surface area contributed by atoms with Crippen molar-refractivity contribution < 1.29 is 18.3 Å². The highest BCUT2D eigenvalue weighted by atomic mass is 19.3. The number of nitrogens with two attached hydrogens (primary N) is 1. The van der Waals surface area contributed by atoms with E-state index < -0.39 is 12.0 Å². The number of aryl methyl sites for hydroxylation is 1. The Kier molecular flexibility index (Phi) is 2.65. The van der Waals surface area contributed by atoms with Crippen LogP contribution in [0.3, 0.4) is 0 Å². The standard InChI is InChI=1S/C6H8F2N4O2/c1-12-3-4(2-10-12)14-6(7,8)5(13)11-9/h2-3H,9H2,1H3,(H,11,13). The molecule has 0 aliphatic heterocycles. The number of ether oxygens (including phenoxy) is 1. The molecule has 0 aliphatic carbocycles. The van der Waals surface area contributed by atoms with Gasteiger partial charge in [0.15, 0.2) is 5.75 Å². The molecule has 78 valence electrons. The molecule has 1 aromatic heterocycles. The largest absolute Gasteiger partial charge is 0.483 e. The highest BCUT2D eigenvalue weighted by molar-refractivity contribution is 5.81. The van der Waals surface area contributed by atoms with E-state index in [0.29, 0.717) is 0 Å². The fraction of sp³-hybridized carbons (Fsp3) is 0.333. The molecule has 0 aliphatic rings. The van der Waals surface area contributed by atoms with Gasteiger partial charge in [-0.15, -0.1) is 0 Å². The normalized spacial score (nSPS) is 11.1. The van der Waals surface area contributed by atoms with Crippen LogP contribution < -0.4 is 16.0 Å². The number of carbonyl (C=O) groups excluding carboxylic acids is 1. The minimum absolute atomic E-state index is 0.221. The van der Waals surface area contributed by atoms with Crippen LogP contribution in [0, 0.1) is 0 Å². The maximum atomic E-state index is 12.8. The summed E-state index contributed by atoms with van der Waals surface area (Å²) in [5.74, 6) is 2.59. The molecular weight excluding hydrogens is 198 g/mol. The van der Waals surface area contributed by atoms with Crippen molar-refractivity contribution in [1.29, 1.82) is 0 Å². The molecule has 0 bridgehead atoms. The maximum absolute atomic E-state index is 12.8. The maximum Gasteiger partial charge on any atom is 0.483 e. The van der Waals surface area contributed by atoms with Gasteiger partial charge in [0, 0.05) is 7.05 Å². The van der Waals surface area contributed by atoms with Gasteiger partial charge in [0.25, 0.3) is 0 Å². The molecule has 6 nitrogen and oxygen atoms in total. The molecular formula is C6H8F2N4O2. The predicted molar refractivity (Wildman–Crippen MR) is 41.1 cm³/mol. The Morgan fingerprint density at radius 1 is 1.79 bits per heavy atom. The number of carbonyl (C=O) groups is 1. The first kappa shape index (κ1) is 10.4. The number of alkyl halides is 2. The molecule has 8 heteroatoms. The van der Waals surface area contributed by atoms with E-state index in [2.05, 4.69) is 15.7 Å². The summed E-state index contributed by atoms with van der Waals surface area (Å²) in [7, 11) is 1.52. The summed E-state index contributed by atoms with van der Waals surface area (Å²) in [5.41, 5.74) is 1.29. The van der Waals surface area contributed by atoms with E-state index in [0.717, 1.165) is 6.20 Å². The number of hydrogen-bond donors (Lipinski definition) is 2. The zero-order valence-electron chi connectivity index (χ0n) is 7.20. The average Bonchev–Trinajstić information content (AvgIpc) is 2.48. The summed E-state index contributed by atoms with van der Waals surface area (Å²) >= 11 is 0. The third-order valence-electron chi connectivity index (χ3n) is 1.32. The second-order valence-corrected chi connectivity index (χ2v) is 2.44. The molecule has 1 heterocycles. The third-order valence-corrected chi connectivity index (χ3v) is 1.32. The number of rotatable bonds is 3. The van der Waals surface area contributed by atoms with Gasteiger partial charge in [-0.25, -0.2) is 5.84 Å². The zero-order valence-corrected chi connectivity index (χ0v) is 7.20. The number of hydrazine groups is 1. The fourth-order valence-corrected chi connectivity index (χ4v) is 0.730. The Hall–Kier alpha value is -1.70. The monoisotopic (exact) mass is 206 g/mol. The van der Waals surface area contributed by atoms with Crippen LogP contribution in [-0.2, 0) is 11.8 Å². The lowest BCUT2D eigenvalue weighted by atomic mass is 10.5. The summed E-state index contributed by atoms with van der Waals surface area (Å²) in [6.07, 6.45) is -1.76. The molecule has 0 spiro atoms. The van der Waals surface area contributed by atoms with Crippen LogP contribution in [0.15, 0.2) is 12.4 Å². The molecule has 0 saturated heterocycles. The van der Waals surface area contributed by atoms with E-state index in [1.165, 1.54) is 23.4 Å². The Balaban J connectivity index is 2.72. The minimum Gasteiger partial charge on any atom is -0.422 e. The van der Waals surface area contributed by atoms with Gasteiger partial charge < -0.3 is 4.74 Å². The first-order chi connectivity index (χ1) is 6.45. The van der Waals surface area contributed by atoms with Crippen LogP contribution >= 0.6 is 0 Å². The molecule has 1 aromatic rings. The van der Waals surface area contributed by atoms with Crippen molar-refractivity contribution >= 4 is 5.91 Å². The molecule has 1 rings (SSSR count). The molecule has 0 unspecified atom stereocenters. The van der Waals surface area contributed by atoms with Crippen LogP contribution in [0.25, 0.3) is 0 Å². The van der Waals surface area contributed by atoms with E-state index in [4.69, 9.17) is 0 Å². The van der Waals surface area contributed by atoms with Crippen LogP contribution in [0.4, 0.5) is 8.78 Å². The molecule has 0 atom stereocenters. The molecule has 14 heavy (non-hydrogen) atoms. The van der Waals surface area contributed by atoms with E-state index in [1.54, 1.807) is 0 Å². The van der Waals surface area contributed by atoms with Gasteiger partial charge >= 0.3 is 12.0 Å². The van der Waals surface area contributed by atoms with Crippen molar-refractivity contribution in [1.82, 2.24) is 15.2 Å². The Labute approximate surface area is 77.6 Å². The molecule has 1 amide bonds. The van der Waals surface area contributed by atoms with Gasteiger partial charge in [0.1, 0.15) is 0 Å². The van der Waals surface area contributed by atoms with Gasteiger partial charge in [-0.3, -0.25) is 14.9 Å². The van der Waals surface area contributed by atoms with Crippen LogP contribution in [0.5, 0.6) is 5.75 Å². The van der Waals surface area contributed by atoms with Gasteiger partial charge in [-0.2, -0.15) is 13.9 Å². The SMILES string of the molecule is Cn1cc(OC(F)(F)C(=O)NN)cn1. The summed E-state index contributed by atoms with van der Waals surface area (Å²) in [5, 5.41) is 3.58. The molecule has 0 saturated carbocycles. The van der Waals surface area contributed by atoms with E-state index >= 15 is 0 Å². The van der Waals surface area contributed by atoms with Gasteiger partial charge in [0.05, 0.1) is 12.4 Å². The Bertz CT molecular complexity index is 338. The second-order valence-electron chi connectivity index (χ2n) is 2.44. The second kappa shape index (κ2) is 3.58. The first-order valence-corrected chi connectivity index (χ1v) is 3.52. The fourth-order valence-electron chi connectivity index (χ4n) is 0.730. The molecule has 0 radical (unpaired) electrons. The number of nitrogens with one attached hydrogen (secondary N) is 1. The molecule has 3 N–H and O–H groups in total. The smallest absolute Gasteiger partial charge is 0.422 e. The van der Waals surface area contributed by atoms with Crippen molar-refractivity contribution in [3.05, 3.63) is 12.4 Å². The van der Waals surface area contributed by atoms with Crippen LogP contribution in [0.1, 0.15) is 0 Å². The lowest BCUT2D eigenvalue weighted by Crippen LogP contribution is -2.47. The minimum atomic E-state index is -4.00. The van der Waals surface area contributed by atoms with E-state index in [-0.39, 0.29) is 5.75 Å². The highest BCUT2D eigenvalue weighted by Crippen LogP contribution is 2.20. The number of hydrogen-bond acceptors (Lipinski definition) is 4. The Morgan fingerprint density at radius 2 is 2.43 bits per heavy atom. The summed E-state index contributed by atoms with van der Waals surface area (Å²) in [6.45, 7) is 0. The van der Waals surface area contributed by atoms with Crippen molar-refractivity contribution in [3.8, 4) is 5.75 Å². The molecule has 0 fully saturated rings. The number of nitrogens with zero attached hydrogens (tertiary/aromatic N) is 2. The average molecular weight is 206 g/mol. The van der Waals surface area contributed by atoms with Crippen molar-refractivity contribution in [2.45, 2.75) is 6.11 Å². The highest BCUT2D eigenvalue weighted by Gasteiger charge is 2.42. The quantitative estimate of drug-likeness (QED) is 0.392. The van der Waals surface area contributed by atoms with Crippen molar-refractivity contribution in [2.75, 3.05) is 0 Å². The Morgan fingerprint density at radius 3 is 2.86 bits per heavy atom. The lowest BCUT2D eigenvalue weighted by Gasteiger charge is -2.13. The van der Waals surface area contributed by atoms with Crippen LogP contribution in [-0.4, -0.2) is 21.8 Å². The summed E-state index contributed by atoms with van der Waals surface area (Å²) in [4.78, 5) is 10.5. The number of halogens is 2. The van der Waals surface area contributed by atoms with Gasteiger partial charge in [-0.1, -0.05) is 0 Å². The number of amides is 1. The van der Waals surface area contributed by atoms with Gasteiger partial charge in [-0.05, 0) is 0 Å². The topological polar surface area (TPSA) is 82.2 Å². The van der Waals surface area contributed by atoms with Crippen molar-refractivity contribution in [3.63, 3.8) is 0 Å². The zero-order chi connectivity index (χ0) is 10.8. The summed E-state index contributed by atoms with van der Waals surface area (Å²) in [6, 6.07) is 0. The van der Waals surface area contributed by atoms with Crippen LogP contribution in [0.2, 0.25) is 0 Å². The van der Waals surface area contributed by atoms with E-state index in [9.17, 15) is 13.6 Å². The summed E-state index contributed by atoms with van der Waals surface area (Å²) < 4.78 is 30.8. The number of aromatic nitrogens is 2. The van der Waals surface area contributed by atoms with Gasteiger partial charge in [0.2, 0.25) is 0 Å². The predicted octanol–water partition coefficient (Wildman–Crippen LogP) is -0.618. The van der Waals surface area contributed by atoms with E-state index in [1.807, 2.05) is 0 Å². The van der Waals surface area contributed by atoms with Crippen molar-refractivity contribution in [2.24, 2.45) is 12.9 Å². The lowest BCUT2D eigenvalue weighted by molar-refractivity contribution is -0.192. The first-order valence-electron chi connectivity index (χ1n) is 3.52. The third kappa shape index (κ3) is 2.16. The molecule has 0 aromatic carbocycles.